The molecule has 1 aromatic rings. The molecule has 1 aliphatic heterocycles. The fourth-order valence-electron chi connectivity index (χ4n) is 2.75. The van der Waals surface area contributed by atoms with E-state index in [9.17, 15) is 4.79 Å². The Morgan fingerprint density at radius 1 is 1.04 bits per heavy atom. The van der Waals surface area contributed by atoms with Gasteiger partial charge in [-0.15, -0.1) is 0 Å². The predicted molar refractivity (Wildman–Crippen MR) is 95.7 cm³/mol. The Labute approximate surface area is 145 Å². The van der Waals surface area contributed by atoms with Gasteiger partial charge in [0, 0.05) is 32.2 Å². The van der Waals surface area contributed by atoms with Crippen LogP contribution >= 0.6 is 0 Å². The van der Waals surface area contributed by atoms with E-state index in [1.54, 1.807) is 0 Å². The summed E-state index contributed by atoms with van der Waals surface area (Å²) in [5.41, 5.74) is 0. The van der Waals surface area contributed by atoms with Crippen LogP contribution in [0, 0.1) is 0 Å². The van der Waals surface area contributed by atoms with E-state index in [0.717, 1.165) is 51.5 Å². The van der Waals surface area contributed by atoms with Gasteiger partial charge in [-0.3, -0.25) is 4.79 Å². The van der Waals surface area contributed by atoms with Crippen LogP contribution in [-0.4, -0.2) is 61.6 Å². The van der Waals surface area contributed by atoms with Crippen LogP contribution < -0.4 is 9.47 Å². The van der Waals surface area contributed by atoms with Crippen LogP contribution in [0.2, 0.25) is 0 Å². The van der Waals surface area contributed by atoms with E-state index in [2.05, 4.69) is 18.7 Å². The van der Waals surface area contributed by atoms with Crippen LogP contribution in [0.25, 0.3) is 0 Å². The Morgan fingerprint density at radius 2 is 1.75 bits per heavy atom. The molecule has 1 aliphatic rings. The maximum atomic E-state index is 12.2. The molecule has 0 N–H and O–H groups in total. The monoisotopic (exact) mass is 334 g/mol. The SMILES string of the molecule is CCCCCOc1cccc(OCC(=O)N2CCN(CC)CC2)c1. The third kappa shape index (κ3) is 6.04. The molecule has 5 heteroatoms. The molecule has 0 saturated carbocycles. The summed E-state index contributed by atoms with van der Waals surface area (Å²) in [5, 5.41) is 0. The summed E-state index contributed by atoms with van der Waals surface area (Å²) in [4.78, 5) is 16.5. The Balaban J connectivity index is 1.74. The summed E-state index contributed by atoms with van der Waals surface area (Å²) in [6.07, 6.45) is 3.42. The summed E-state index contributed by atoms with van der Waals surface area (Å²) in [6.45, 7) is 9.65. The van der Waals surface area contributed by atoms with Crippen LogP contribution in [0.15, 0.2) is 24.3 Å². The molecule has 1 fully saturated rings. The van der Waals surface area contributed by atoms with Crippen LogP contribution in [0.1, 0.15) is 33.1 Å². The Kier molecular flexibility index (Phi) is 7.89. The number of amides is 1. The first-order valence-electron chi connectivity index (χ1n) is 9.08. The molecule has 2 rings (SSSR count). The number of ether oxygens (including phenoxy) is 2. The Hall–Kier alpha value is -1.75. The third-order valence-electron chi connectivity index (χ3n) is 4.36. The van der Waals surface area contributed by atoms with E-state index in [1.807, 2.05) is 29.2 Å². The van der Waals surface area contributed by atoms with E-state index in [4.69, 9.17) is 9.47 Å². The summed E-state index contributed by atoms with van der Waals surface area (Å²) in [7, 11) is 0. The molecular weight excluding hydrogens is 304 g/mol. The lowest BCUT2D eigenvalue weighted by molar-refractivity contribution is -0.135. The molecule has 1 heterocycles. The van der Waals surface area contributed by atoms with Gasteiger partial charge in [-0.2, -0.15) is 0 Å². The number of likely N-dealkylation sites (N-methyl/N-ethyl adjacent to an activating group) is 1. The van der Waals surface area contributed by atoms with Crippen molar-refractivity contribution >= 4 is 5.91 Å². The van der Waals surface area contributed by atoms with Gasteiger partial charge < -0.3 is 19.3 Å². The molecule has 5 nitrogen and oxygen atoms in total. The normalized spacial score (nSPS) is 15.3. The first kappa shape index (κ1) is 18.6. The van der Waals surface area contributed by atoms with Gasteiger partial charge in [0.2, 0.25) is 0 Å². The number of carbonyl (C=O) groups excluding carboxylic acids is 1. The quantitative estimate of drug-likeness (QED) is 0.651. The highest BCUT2D eigenvalue weighted by Crippen LogP contribution is 2.20. The lowest BCUT2D eigenvalue weighted by Crippen LogP contribution is -2.49. The van der Waals surface area contributed by atoms with E-state index < -0.39 is 0 Å². The molecule has 0 aliphatic carbocycles. The number of hydrogen-bond acceptors (Lipinski definition) is 4. The van der Waals surface area contributed by atoms with Crippen molar-refractivity contribution in [3.05, 3.63) is 24.3 Å². The fraction of sp³-hybridized carbons (Fsp3) is 0.632. The van der Waals surface area contributed by atoms with Crippen molar-refractivity contribution in [2.24, 2.45) is 0 Å². The zero-order valence-corrected chi connectivity index (χ0v) is 15.0. The van der Waals surface area contributed by atoms with Crippen LogP contribution in [0.4, 0.5) is 0 Å². The van der Waals surface area contributed by atoms with Gasteiger partial charge in [-0.1, -0.05) is 32.8 Å². The molecule has 0 atom stereocenters. The van der Waals surface area contributed by atoms with Crippen molar-refractivity contribution in [2.45, 2.75) is 33.1 Å². The second-order valence-electron chi connectivity index (χ2n) is 6.13. The average Bonchev–Trinajstić information content (AvgIpc) is 2.64. The summed E-state index contributed by atoms with van der Waals surface area (Å²) >= 11 is 0. The topological polar surface area (TPSA) is 42.0 Å². The Bertz CT molecular complexity index is 499. The van der Waals surface area contributed by atoms with Gasteiger partial charge in [-0.05, 0) is 25.1 Å². The van der Waals surface area contributed by atoms with Gasteiger partial charge in [0.15, 0.2) is 6.61 Å². The molecular formula is C19H30N2O3. The second-order valence-corrected chi connectivity index (χ2v) is 6.13. The van der Waals surface area contributed by atoms with Gasteiger partial charge in [0.05, 0.1) is 6.61 Å². The number of piperazine rings is 1. The summed E-state index contributed by atoms with van der Waals surface area (Å²) in [5.74, 6) is 1.54. The molecule has 1 aromatic carbocycles. The first-order valence-corrected chi connectivity index (χ1v) is 9.08. The minimum absolute atomic E-state index is 0.0556. The third-order valence-corrected chi connectivity index (χ3v) is 4.36. The number of carbonyl (C=O) groups is 1. The van der Waals surface area contributed by atoms with E-state index in [-0.39, 0.29) is 12.5 Å². The molecule has 0 radical (unpaired) electrons. The standard InChI is InChI=1S/C19H30N2O3/c1-3-5-6-14-23-17-8-7-9-18(15-17)24-16-19(22)21-12-10-20(4-2)11-13-21/h7-9,15H,3-6,10-14,16H2,1-2H3. The minimum atomic E-state index is 0.0556. The highest BCUT2D eigenvalue weighted by Gasteiger charge is 2.20. The number of unbranched alkanes of at least 4 members (excludes halogenated alkanes) is 2. The highest BCUT2D eigenvalue weighted by atomic mass is 16.5. The fourth-order valence-corrected chi connectivity index (χ4v) is 2.75. The van der Waals surface area contributed by atoms with Crippen molar-refractivity contribution in [3.8, 4) is 11.5 Å². The number of rotatable bonds is 9. The lowest BCUT2D eigenvalue weighted by atomic mass is 10.3. The van der Waals surface area contributed by atoms with Crippen molar-refractivity contribution in [2.75, 3.05) is 45.9 Å². The average molecular weight is 334 g/mol. The lowest BCUT2D eigenvalue weighted by Gasteiger charge is -2.33. The smallest absolute Gasteiger partial charge is 0.260 e. The molecule has 134 valence electrons. The van der Waals surface area contributed by atoms with Crippen LogP contribution in [0.3, 0.4) is 0 Å². The zero-order chi connectivity index (χ0) is 17.2. The molecule has 1 saturated heterocycles. The number of benzene rings is 1. The van der Waals surface area contributed by atoms with Crippen LogP contribution in [0.5, 0.6) is 11.5 Å². The van der Waals surface area contributed by atoms with E-state index >= 15 is 0 Å². The van der Waals surface area contributed by atoms with Gasteiger partial charge in [0.1, 0.15) is 11.5 Å². The molecule has 24 heavy (non-hydrogen) atoms. The van der Waals surface area contributed by atoms with Gasteiger partial charge >= 0.3 is 0 Å². The largest absolute Gasteiger partial charge is 0.493 e. The summed E-state index contributed by atoms with van der Waals surface area (Å²) < 4.78 is 11.4. The maximum Gasteiger partial charge on any atom is 0.260 e. The Morgan fingerprint density at radius 3 is 2.42 bits per heavy atom. The molecule has 0 bridgehead atoms. The van der Waals surface area contributed by atoms with Gasteiger partial charge in [-0.25, -0.2) is 0 Å². The van der Waals surface area contributed by atoms with Crippen molar-refractivity contribution < 1.29 is 14.3 Å². The minimum Gasteiger partial charge on any atom is -0.493 e. The summed E-state index contributed by atoms with van der Waals surface area (Å²) in [6, 6.07) is 7.54. The van der Waals surface area contributed by atoms with E-state index in [1.165, 1.54) is 12.8 Å². The number of nitrogens with zero attached hydrogens (tertiary/aromatic N) is 2. The zero-order valence-electron chi connectivity index (χ0n) is 15.0. The van der Waals surface area contributed by atoms with Gasteiger partial charge in [0.25, 0.3) is 5.91 Å². The maximum absolute atomic E-state index is 12.2. The number of hydrogen-bond donors (Lipinski definition) is 0. The van der Waals surface area contributed by atoms with Crippen molar-refractivity contribution in [1.82, 2.24) is 9.80 Å². The van der Waals surface area contributed by atoms with Crippen molar-refractivity contribution in [1.29, 1.82) is 0 Å². The first-order chi connectivity index (χ1) is 11.7. The van der Waals surface area contributed by atoms with Crippen LogP contribution in [-0.2, 0) is 4.79 Å². The molecule has 0 spiro atoms. The highest BCUT2D eigenvalue weighted by molar-refractivity contribution is 5.77. The second kappa shape index (κ2) is 10.2. The molecule has 0 aromatic heterocycles. The molecule has 1 amide bonds. The predicted octanol–water partition coefficient (Wildman–Crippen LogP) is 2.80. The molecule has 0 unspecified atom stereocenters. The van der Waals surface area contributed by atoms with E-state index in [0.29, 0.717) is 5.75 Å². The van der Waals surface area contributed by atoms with Crippen molar-refractivity contribution in [3.63, 3.8) is 0 Å².